The maximum absolute atomic E-state index is 12.9. The summed E-state index contributed by atoms with van der Waals surface area (Å²) in [6.45, 7) is 3.75. The number of carbonyl (C=O) groups excluding carboxylic acids is 2. The number of rotatable bonds is 4. The largest absolute Gasteiger partial charge is 0.496 e. The molecule has 0 N–H and O–H groups in total. The Balaban J connectivity index is 1.44. The van der Waals surface area contributed by atoms with Gasteiger partial charge in [-0.15, -0.1) is 0 Å². The van der Waals surface area contributed by atoms with Crippen LogP contribution in [0.3, 0.4) is 0 Å². The fourth-order valence-electron chi connectivity index (χ4n) is 3.71. The number of aryl methyl sites for hydroxylation is 1. The minimum absolute atomic E-state index is 0.0612. The van der Waals surface area contributed by atoms with E-state index in [0.29, 0.717) is 48.8 Å². The lowest BCUT2D eigenvalue weighted by Gasteiger charge is -2.34. The number of carbonyl (C=O) groups is 2. The molecule has 1 saturated heterocycles. The molecule has 4 rings (SSSR count). The second-order valence-electron chi connectivity index (χ2n) is 7.26. The minimum atomic E-state index is -0.183. The van der Waals surface area contributed by atoms with E-state index >= 15 is 0 Å². The number of methoxy groups -OCH3 is 2. The van der Waals surface area contributed by atoms with E-state index < -0.39 is 0 Å². The van der Waals surface area contributed by atoms with Crippen LogP contribution >= 0.6 is 0 Å². The third-order valence-corrected chi connectivity index (χ3v) is 5.45. The molecule has 7 heteroatoms. The molecule has 1 aliphatic rings. The van der Waals surface area contributed by atoms with Gasteiger partial charge in [-0.05, 0) is 36.8 Å². The zero-order chi connectivity index (χ0) is 21.3. The molecule has 2 aromatic carbocycles. The van der Waals surface area contributed by atoms with Gasteiger partial charge in [0, 0.05) is 37.1 Å². The highest BCUT2D eigenvalue weighted by molar-refractivity contribution is 5.98. The van der Waals surface area contributed by atoms with Crippen LogP contribution in [0.1, 0.15) is 26.5 Å². The highest BCUT2D eigenvalue weighted by Gasteiger charge is 2.27. The summed E-state index contributed by atoms with van der Waals surface area (Å²) in [5, 5.41) is 0.819. The highest BCUT2D eigenvalue weighted by atomic mass is 16.5. The van der Waals surface area contributed by atoms with Crippen molar-refractivity contribution in [3.8, 4) is 11.5 Å². The van der Waals surface area contributed by atoms with Gasteiger partial charge in [0.05, 0.1) is 14.2 Å². The van der Waals surface area contributed by atoms with Gasteiger partial charge in [0.25, 0.3) is 11.8 Å². The van der Waals surface area contributed by atoms with Gasteiger partial charge >= 0.3 is 0 Å². The summed E-state index contributed by atoms with van der Waals surface area (Å²) >= 11 is 0. The molecule has 0 atom stereocenters. The predicted octanol–water partition coefficient (Wildman–Crippen LogP) is 3.36. The van der Waals surface area contributed by atoms with Crippen molar-refractivity contribution >= 4 is 22.8 Å². The van der Waals surface area contributed by atoms with Gasteiger partial charge in [-0.2, -0.15) is 0 Å². The summed E-state index contributed by atoms with van der Waals surface area (Å²) in [7, 11) is 3.16. The topological polar surface area (TPSA) is 72.2 Å². The van der Waals surface area contributed by atoms with Crippen LogP contribution in [-0.2, 0) is 0 Å². The van der Waals surface area contributed by atoms with E-state index in [4.69, 9.17) is 13.9 Å². The lowest BCUT2D eigenvalue weighted by atomic mass is 10.1. The fraction of sp³-hybridized carbons (Fsp3) is 0.304. The minimum Gasteiger partial charge on any atom is -0.496 e. The molecule has 7 nitrogen and oxygen atoms in total. The average Bonchev–Trinajstić information content (AvgIpc) is 3.23. The van der Waals surface area contributed by atoms with Crippen molar-refractivity contribution in [3.63, 3.8) is 0 Å². The Morgan fingerprint density at radius 2 is 1.53 bits per heavy atom. The normalized spacial score (nSPS) is 14.1. The highest BCUT2D eigenvalue weighted by Crippen LogP contribution is 2.29. The van der Waals surface area contributed by atoms with Crippen LogP contribution in [0.2, 0.25) is 0 Å². The molecular weight excluding hydrogens is 384 g/mol. The number of furan rings is 1. The fourth-order valence-corrected chi connectivity index (χ4v) is 3.71. The first-order chi connectivity index (χ1) is 14.5. The summed E-state index contributed by atoms with van der Waals surface area (Å²) in [4.78, 5) is 29.2. The Hall–Kier alpha value is -3.48. The van der Waals surface area contributed by atoms with Crippen LogP contribution in [0.15, 0.2) is 46.9 Å². The number of hydrogen-bond donors (Lipinski definition) is 0. The Bertz CT molecular complexity index is 1100. The van der Waals surface area contributed by atoms with E-state index in [2.05, 4.69) is 0 Å². The maximum atomic E-state index is 12.9. The second kappa shape index (κ2) is 8.10. The molecule has 1 aliphatic heterocycles. The molecule has 0 saturated carbocycles. The molecule has 0 spiro atoms. The Kier molecular flexibility index (Phi) is 5.35. The zero-order valence-corrected chi connectivity index (χ0v) is 17.3. The first-order valence-electron chi connectivity index (χ1n) is 9.81. The smallest absolute Gasteiger partial charge is 0.289 e. The number of fused-ring (bicyclic) bond motifs is 1. The number of benzene rings is 2. The molecule has 0 aliphatic carbocycles. The van der Waals surface area contributed by atoms with Gasteiger partial charge < -0.3 is 23.7 Å². The second-order valence-corrected chi connectivity index (χ2v) is 7.26. The molecule has 0 unspecified atom stereocenters. The molecule has 0 bridgehead atoms. The average molecular weight is 408 g/mol. The maximum Gasteiger partial charge on any atom is 0.289 e. The number of amides is 2. The van der Waals surface area contributed by atoms with Crippen molar-refractivity contribution in [2.45, 2.75) is 6.92 Å². The van der Waals surface area contributed by atoms with E-state index in [1.807, 2.05) is 25.1 Å². The van der Waals surface area contributed by atoms with Gasteiger partial charge in [-0.3, -0.25) is 9.59 Å². The molecule has 156 valence electrons. The third kappa shape index (κ3) is 3.58. The number of ether oxygens (including phenoxy) is 2. The molecule has 1 aromatic heterocycles. The predicted molar refractivity (Wildman–Crippen MR) is 112 cm³/mol. The molecule has 1 fully saturated rings. The number of piperazine rings is 1. The van der Waals surface area contributed by atoms with Crippen LogP contribution in [0.4, 0.5) is 0 Å². The first kappa shape index (κ1) is 19.8. The van der Waals surface area contributed by atoms with Gasteiger partial charge in [0.1, 0.15) is 5.75 Å². The van der Waals surface area contributed by atoms with Gasteiger partial charge in [-0.1, -0.05) is 18.2 Å². The van der Waals surface area contributed by atoms with Crippen molar-refractivity contribution < 1.29 is 23.5 Å². The molecule has 3 aromatic rings. The Morgan fingerprint density at radius 3 is 2.20 bits per heavy atom. The number of hydrogen-bond acceptors (Lipinski definition) is 5. The molecule has 30 heavy (non-hydrogen) atoms. The Labute approximate surface area is 174 Å². The van der Waals surface area contributed by atoms with Crippen LogP contribution < -0.4 is 9.47 Å². The van der Waals surface area contributed by atoms with Crippen LogP contribution in [0.25, 0.3) is 11.0 Å². The van der Waals surface area contributed by atoms with Gasteiger partial charge in [-0.25, -0.2) is 0 Å². The van der Waals surface area contributed by atoms with Crippen LogP contribution in [-0.4, -0.2) is 62.0 Å². The Morgan fingerprint density at radius 1 is 0.867 bits per heavy atom. The van der Waals surface area contributed by atoms with Crippen molar-refractivity contribution in [3.05, 3.63) is 59.4 Å². The monoisotopic (exact) mass is 408 g/mol. The molecule has 0 radical (unpaired) electrons. The summed E-state index contributed by atoms with van der Waals surface area (Å²) in [5.74, 6) is 1.31. The van der Waals surface area contributed by atoms with Gasteiger partial charge in [0.15, 0.2) is 17.1 Å². The van der Waals surface area contributed by atoms with E-state index in [-0.39, 0.29) is 17.6 Å². The van der Waals surface area contributed by atoms with E-state index in [1.54, 1.807) is 48.3 Å². The lowest BCUT2D eigenvalue weighted by Crippen LogP contribution is -2.50. The quantitative estimate of drug-likeness (QED) is 0.662. The van der Waals surface area contributed by atoms with E-state index in [9.17, 15) is 9.59 Å². The molecular formula is C23H24N2O5. The standard InChI is InChI=1S/C23H24N2O5/c1-15-7-8-17(14-19(15)29-3)22(26)24-9-11-25(12-10-24)23(27)20-13-16-5-4-6-18(28-2)21(16)30-20/h4-8,13-14H,9-12H2,1-3H3. The third-order valence-electron chi connectivity index (χ3n) is 5.45. The van der Waals surface area contributed by atoms with Gasteiger partial charge in [0.2, 0.25) is 0 Å². The van der Waals surface area contributed by atoms with Crippen molar-refractivity contribution in [2.75, 3.05) is 40.4 Å². The van der Waals surface area contributed by atoms with E-state index in [0.717, 1.165) is 10.9 Å². The zero-order valence-electron chi connectivity index (χ0n) is 17.3. The first-order valence-corrected chi connectivity index (χ1v) is 9.81. The SMILES string of the molecule is COc1cc(C(=O)N2CCN(C(=O)c3cc4cccc(OC)c4o3)CC2)ccc1C. The number of nitrogens with zero attached hydrogens (tertiary/aromatic N) is 2. The summed E-state index contributed by atoms with van der Waals surface area (Å²) in [6, 6.07) is 12.7. The van der Waals surface area contributed by atoms with Crippen molar-refractivity contribution in [1.29, 1.82) is 0 Å². The van der Waals surface area contributed by atoms with Crippen LogP contribution in [0, 0.1) is 6.92 Å². The summed E-state index contributed by atoms with van der Waals surface area (Å²) in [5.41, 5.74) is 2.12. The summed E-state index contributed by atoms with van der Waals surface area (Å²) in [6.07, 6.45) is 0. The number of para-hydroxylation sites is 1. The summed E-state index contributed by atoms with van der Waals surface area (Å²) < 4.78 is 16.4. The van der Waals surface area contributed by atoms with Crippen molar-refractivity contribution in [1.82, 2.24) is 9.80 Å². The van der Waals surface area contributed by atoms with Crippen LogP contribution in [0.5, 0.6) is 11.5 Å². The molecule has 2 heterocycles. The lowest BCUT2D eigenvalue weighted by molar-refractivity contribution is 0.0519. The van der Waals surface area contributed by atoms with E-state index in [1.165, 1.54) is 0 Å². The van der Waals surface area contributed by atoms with Crippen molar-refractivity contribution in [2.24, 2.45) is 0 Å². The molecule has 2 amide bonds.